The van der Waals surface area contributed by atoms with Gasteiger partial charge in [0.2, 0.25) is 11.8 Å². The van der Waals surface area contributed by atoms with Gasteiger partial charge in [-0.15, -0.1) is 0 Å². The highest BCUT2D eigenvalue weighted by molar-refractivity contribution is 5.89. The number of nitrogens with one attached hydrogen (secondary N) is 2. The van der Waals surface area contributed by atoms with Gasteiger partial charge in [0.15, 0.2) is 11.5 Å². The molecule has 2 amide bonds. The number of aromatic hydroxyl groups is 2. The second-order valence-electron chi connectivity index (χ2n) is 7.85. The number of carbonyl (C=O) groups excluding carboxylic acids is 2. The molecule has 0 aromatic heterocycles. The number of hydrogen-bond acceptors (Lipinski definition) is 5. The Morgan fingerprint density at radius 2 is 1.67 bits per heavy atom. The first-order valence-electron chi connectivity index (χ1n) is 10.1. The summed E-state index contributed by atoms with van der Waals surface area (Å²) >= 11 is 0. The number of phenolic OH excluding ortho intramolecular Hbond substituents is 2. The fraction of sp³-hybridized carbons (Fsp3) is 0.391. The van der Waals surface area contributed by atoms with Crippen LogP contribution in [-0.2, 0) is 22.4 Å². The molecule has 0 aliphatic rings. The van der Waals surface area contributed by atoms with Crippen LogP contribution in [0.3, 0.4) is 0 Å². The van der Waals surface area contributed by atoms with E-state index in [1.807, 2.05) is 44.2 Å². The van der Waals surface area contributed by atoms with Gasteiger partial charge in [0.25, 0.3) is 0 Å². The summed E-state index contributed by atoms with van der Waals surface area (Å²) in [6, 6.07) is 12.6. The van der Waals surface area contributed by atoms with Crippen LogP contribution in [0.4, 0.5) is 0 Å². The van der Waals surface area contributed by atoms with Crippen molar-refractivity contribution >= 4 is 11.8 Å². The lowest BCUT2D eigenvalue weighted by molar-refractivity contribution is -0.130. The van der Waals surface area contributed by atoms with E-state index in [0.29, 0.717) is 24.9 Å². The average molecular weight is 414 g/mol. The number of amides is 2. The van der Waals surface area contributed by atoms with E-state index in [0.717, 1.165) is 5.56 Å². The molecule has 0 spiro atoms. The van der Waals surface area contributed by atoms with E-state index in [4.69, 9.17) is 5.73 Å². The fourth-order valence-electron chi connectivity index (χ4n) is 3.12. The Bertz CT molecular complexity index is 840. The van der Waals surface area contributed by atoms with Gasteiger partial charge in [0.05, 0.1) is 6.04 Å². The maximum Gasteiger partial charge on any atom is 0.242 e. The quantitative estimate of drug-likeness (QED) is 0.380. The van der Waals surface area contributed by atoms with Gasteiger partial charge in [-0.05, 0) is 48.4 Å². The lowest BCUT2D eigenvalue weighted by Crippen LogP contribution is -2.52. The van der Waals surface area contributed by atoms with Crippen molar-refractivity contribution in [3.05, 3.63) is 59.7 Å². The zero-order chi connectivity index (χ0) is 22.1. The maximum absolute atomic E-state index is 12.6. The van der Waals surface area contributed by atoms with Crippen molar-refractivity contribution in [1.82, 2.24) is 10.6 Å². The van der Waals surface area contributed by atoms with E-state index in [9.17, 15) is 19.8 Å². The summed E-state index contributed by atoms with van der Waals surface area (Å²) in [5.41, 5.74) is 7.74. The molecule has 6 N–H and O–H groups in total. The van der Waals surface area contributed by atoms with Crippen LogP contribution >= 0.6 is 0 Å². The third-order valence-corrected chi connectivity index (χ3v) is 4.73. The van der Waals surface area contributed by atoms with E-state index in [-0.39, 0.29) is 29.7 Å². The van der Waals surface area contributed by atoms with Gasteiger partial charge in [-0.25, -0.2) is 0 Å². The molecule has 2 aromatic rings. The predicted octanol–water partition coefficient (Wildman–Crippen LogP) is 1.86. The average Bonchev–Trinajstić information content (AvgIpc) is 2.70. The van der Waals surface area contributed by atoms with Crippen LogP contribution in [0.1, 0.15) is 31.4 Å². The van der Waals surface area contributed by atoms with Crippen LogP contribution < -0.4 is 16.4 Å². The van der Waals surface area contributed by atoms with Gasteiger partial charge in [-0.3, -0.25) is 9.59 Å². The highest BCUT2D eigenvalue weighted by Crippen LogP contribution is 2.25. The number of nitrogens with two attached hydrogens (primary N) is 1. The van der Waals surface area contributed by atoms with Crippen LogP contribution in [0, 0.1) is 5.92 Å². The Morgan fingerprint density at radius 3 is 2.30 bits per heavy atom. The van der Waals surface area contributed by atoms with Gasteiger partial charge in [-0.2, -0.15) is 0 Å². The largest absolute Gasteiger partial charge is 0.504 e. The summed E-state index contributed by atoms with van der Waals surface area (Å²) in [5.74, 6) is -0.967. The number of phenols is 2. The second-order valence-corrected chi connectivity index (χ2v) is 7.85. The van der Waals surface area contributed by atoms with Gasteiger partial charge < -0.3 is 26.6 Å². The van der Waals surface area contributed by atoms with Crippen molar-refractivity contribution in [2.75, 3.05) is 6.54 Å². The number of carbonyl (C=O) groups is 2. The van der Waals surface area contributed by atoms with Crippen LogP contribution in [0.5, 0.6) is 11.5 Å². The molecule has 30 heavy (non-hydrogen) atoms. The van der Waals surface area contributed by atoms with Crippen LogP contribution in [0.15, 0.2) is 48.5 Å². The first-order valence-corrected chi connectivity index (χ1v) is 10.1. The lowest BCUT2D eigenvalue weighted by Gasteiger charge is -2.22. The molecule has 162 valence electrons. The summed E-state index contributed by atoms with van der Waals surface area (Å²) < 4.78 is 0. The van der Waals surface area contributed by atoms with Crippen molar-refractivity contribution in [2.45, 2.75) is 45.2 Å². The Kier molecular flexibility index (Phi) is 8.68. The number of rotatable bonds is 10. The molecule has 7 heteroatoms. The van der Waals surface area contributed by atoms with Gasteiger partial charge in [0, 0.05) is 6.54 Å². The zero-order valence-corrected chi connectivity index (χ0v) is 17.5. The molecule has 0 radical (unpaired) electrons. The van der Waals surface area contributed by atoms with Crippen molar-refractivity contribution < 1.29 is 19.8 Å². The second kappa shape index (κ2) is 11.2. The number of hydrogen-bond donors (Lipinski definition) is 5. The highest BCUT2D eigenvalue weighted by Gasteiger charge is 2.24. The molecule has 0 aliphatic carbocycles. The molecule has 2 atom stereocenters. The first-order chi connectivity index (χ1) is 14.3. The molecule has 7 nitrogen and oxygen atoms in total. The van der Waals surface area contributed by atoms with E-state index in [1.165, 1.54) is 12.1 Å². The van der Waals surface area contributed by atoms with Gasteiger partial charge in [-0.1, -0.05) is 50.2 Å². The topological polar surface area (TPSA) is 125 Å². The molecular weight excluding hydrogens is 382 g/mol. The lowest BCUT2D eigenvalue weighted by atomic mass is 10.0. The Hall–Kier alpha value is -3.06. The molecule has 0 aliphatic heterocycles. The standard InChI is InChI=1S/C23H31N3O4/c1-15(2)12-19(23(30)25-11-10-16-6-4-3-5-7-16)26-22(29)18(24)13-17-8-9-20(27)21(28)14-17/h3-9,14-15,18-19,27-28H,10-13,24H2,1-2H3,(H,25,30)(H,26,29)/t18-,19-/m0/s1. The van der Waals surface area contributed by atoms with Crippen molar-refractivity contribution in [2.24, 2.45) is 11.7 Å². The summed E-state index contributed by atoms with van der Waals surface area (Å²) in [4.78, 5) is 25.2. The summed E-state index contributed by atoms with van der Waals surface area (Å²) in [5, 5.41) is 24.6. The molecule has 0 saturated carbocycles. The summed E-state index contributed by atoms with van der Waals surface area (Å²) in [6.45, 7) is 4.44. The normalized spacial score (nSPS) is 12.9. The van der Waals surface area contributed by atoms with Gasteiger partial charge >= 0.3 is 0 Å². The molecule has 0 heterocycles. The minimum atomic E-state index is -0.888. The Labute approximate surface area is 177 Å². The zero-order valence-electron chi connectivity index (χ0n) is 17.5. The smallest absolute Gasteiger partial charge is 0.242 e. The van der Waals surface area contributed by atoms with Crippen molar-refractivity contribution in [3.8, 4) is 11.5 Å². The van der Waals surface area contributed by atoms with Crippen LogP contribution in [0.2, 0.25) is 0 Å². The first kappa shape index (κ1) is 23.2. The third-order valence-electron chi connectivity index (χ3n) is 4.73. The minimum absolute atomic E-state index is 0.170. The molecule has 0 bridgehead atoms. The van der Waals surface area contributed by atoms with E-state index in [1.54, 1.807) is 6.07 Å². The fourth-order valence-corrected chi connectivity index (χ4v) is 3.12. The Morgan fingerprint density at radius 1 is 0.967 bits per heavy atom. The minimum Gasteiger partial charge on any atom is -0.504 e. The van der Waals surface area contributed by atoms with Crippen molar-refractivity contribution in [3.63, 3.8) is 0 Å². The maximum atomic E-state index is 12.6. The van der Waals surface area contributed by atoms with Crippen LogP contribution in [0.25, 0.3) is 0 Å². The molecule has 2 rings (SSSR count). The highest BCUT2D eigenvalue weighted by atomic mass is 16.3. The van der Waals surface area contributed by atoms with E-state index < -0.39 is 18.0 Å². The van der Waals surface area contributed by atoms with Crippen molar-refractivity contribution in [1.29, 1.82) is 0 Å². The van der Waals surface area contributed by atoms with Gasteiger partial charge in [0.1, 0.15) is 6.04 Å². The molecular formula is C23H31N3O4. The third kappa shape index (κ3) is 7.40. The van der Waals surface area contributed by atoms with E-state index >= 15 is 0 Å². The molecule has 0 saturated heterocycles. The predicted molar refractivity (Wildman–Crippen MR) is 116 cm³/mol. The molecule has 0 unspecified atom stereocenters. The summed E-state index contributed by atoms with van der Waals surface area (Å²) in [7, 11) is 0. The monoisotopic (exact) mass is 413 g/mol. The SMILES string of the molecule is CC(C)C[C@H](NC(=O)[C@@H](N)Cc1ccc(O)c(O)c1)C(=O)NCCc1ccccc1. The van der Waals surface area contributed by atoms with E-state index in [2.05, 4.69) is 10.6 Å². The number of benzene rings is 2. The van der Waals surface area contributed by atoms with Crippen LogP contribution in [-0.4, -0.2) is 40.7 Å². The summed E-state index contributed by atoms with van der Waals surface area (Å²) in [6.07, 6.45) is 1.37. The molecule has 0 fully saturated rings. The Balaban J connectivity index is 1.91. The molecule has 2 aromatic carbocycles.